The third-order valence-electron chi connectivity index (χ3n) is 4.84. The number of carbonyl (C=O) groups is 1. The molecule has 1 saturated heterocycles. The van der Waals surface area contributed by atoms with Gasteiger partial charge in [0.1, 0.15) is 17.0 Å². The van der Waals surface area contributed by atoms with E-state index in [1.165, 1.54) is 16.7 Å². The van der Waals surface area contributed by atoms with Gasteiger partial charge in [-0.25, -0.2) is 9.37 Å². The van der Waals surface area contributed by atoms with E-state index < -0.39 is 0 Å². The molecule has 0 radical (unpaired) electrons. The minimum absolute atomic E-state index is 0.0532. The van der Waals surface area contributed by atoms with Gasteiger partial charge in [-0.2, -0.15) is 0 Å². The topological polar surface area (TPSA) is 57.9 Å². The van der Waals surface area contributed by atoms with Crippen molar-refractivity contribution in [1.29, 1.82) is 0 Å². The molecule has 1 aliphatic rings. The highest BCUT2D eigenvalue weighted by Gasteiger charge is 2.25. The number of benzene rings is 1. The second-order valence-corrected chi connectivity index (χ2v) is 6.64. The van der Waals surface area contributed by atoms with E-state index in [-0.39, 0.29) is 22.8 Å². The number of piperazine rings is 1. The summed E-state index contributed by atoms with van der Waals surface area (Å²) in [4.78, 5) is 33.3. The van der Waals surface area contributed by atoms with Gasteiger partial charge in [-0.3, -0.25) is 14.0 Å². The molecule has 0 bridgehead atoms. The van der Waals surface area contributed by atoms with Crippen LogP contribution >= 0.6 is 0 Å². The van der Waals surface area contributed by atoms with Gasteiger partial charge in [-0.15, -0.1) is 0 Å². The van der Waals surface area contributed by atoms with Gasteiger partial charge in [0, 0.05) is 38.6 Å². The first-order valence-electron chi connectivity index (χ1n) is 8.81. The minimum atomic E-state index is -0.370. The van der Waals surface area contributed by atoms with Crippen molar-refractivity contribution in [3.63, 3.8) is 0 Å². The lowest BCUT2D eigenvalue weighted by Gasteiger charge is -2.36. The number of amides is 1. The predicted molar refractivity (Wildman–Crippen MR) is 101 cm³/mol. The van der Waals surface area contributed by atoms with E-state index in [0.29, 0.717) is 37.5 Å². The number of hydrogen-bond donors (Lipinski definition) is 0. The summed E-state index contributed by atoms with van der Waals surface area (Å²) < 4.78 is 15.4. The van der Waals surface area contributed by atoms with Crippen LogP contribution in [0.4, 0.5) is 10.1 Å². The molecule has 138 valence electrons. The molecule has 0 atom stereocenters. The number of nitrogens with zero attached hydrogens (tertiary/aromatic N) is 4. The Labute approximate surface area is 155 Å². The van der Waals surface area contributed by atoms with E-state index in [1.54, 1.807) is 35.4 Å². The molecule has 0 unspecified atom stereocenters. The quantitative estimate of drug-likeness (QED) is 0.697. The van der Waals surface area contributed by atoms with Crippen LogP contribution in [-0.4, -0.2) is 46.4 Å². The number of anilines is 1. The number of carbonyl (C=O) groups excluding carboxylic acids is 1. The molecule has 6 nitrogen and oxygen atoms in total. The highest BCUT2D eigenvalue weighted by Crippen LogP contribution is 2.20. The number of aryl methyl sites for hydroxylation is 1. The van der Waals surface area contributed by atoms with E-state index >= 15 is 0 Å². The SMILES string of the molecule is Cc1ccc2ncc(C(=O)N3CCN(c4ccccc4F)CC3)c(=O)n2c1. The zero-order valence-corrected chi connectivity index (χ0v) is 14.9. The maximum absolute atomic E-state index is 14.0. The molecule has 7 heteroatoms. The molecule has 1 amide bonds. The highest BCUT2D eigenvalue weighted by molar-refractivity contribution is 5.94. The molecule has 2 aromatic heterocycles. The molecule has 0 aliphatic carbocycles. The van der Waals surface area contributed by atoms with Crippen molar-refractivity contribution in [2.45, 2.75) is 6.92 Å². The van der Waals surface area contributed by atoms with Crippen molar-refractivity contribution in [2.75, 3.05) is 31.1 Å². The Morgan fingerprint density at radius 2 is 1.81 bits per heavy atom. The minimum Gasteiger partial charge on any atom is -0.366 e. The third kappa shape index (κ3) is 3.16. The maximum Gasteiger partial charge on any atom is 0.270 e. The highest BCUT2D eigenvalue weighted by atomic mass is 19.1. The zero-order valence-electron chi connectivity index (χ0n) is 14.9. The van der Waals surface area contributed by atoms with Crippen molar-refractivity contribution in [1.82, 2.24) is 14.3 Å². The van der Waals surface area contributed by atoms with E-state index in [2.05, 4.69) is 4.98 Å². The van der Waals surface area contributed by atoms with Gasteiger partial charge in [-0.1, -0.05) is 18.2 Å². The second-order valence-electron chi connectivity index (χ2n) is 6.64. The van der Waals surface area contributed by atoms with Crippen molar-refractivity contribution >= 4 is 17.2 Å². The van der Waals surface area contributed by atoms with Gasteiger partial charge in [0.05, 0.1) is 5.69 Å². The monoisotopic (exact) mass is 366 g/mol. The smallest absolute Gasteiger partial charge is 0.270 e. The van der Waals surface area contributed by atoms with E-state index in [4.69, 9.17) is 0 Å². The number of para-hydroxylation sites is 1. The Balaban J connectivity index is 1.55. The molecule has 1 aliphatic heterocycles. The summed E-state index contributed by atoms with van der Waals surface area (Å²) in [5.74, 6) is -0.610. The zero-order chi connectivity index (χ0) is 19.0. The van der Waals surface area contributed by atoms with Crippen LogP contribution in [0.3, 0.4) is 0 Å². The van der Waals surface area contributed by atoms with Crippen LogP contribution in [0.15, 0.2) is 53.6 Å². The molecule has 3 aromatic rings. The fraction of sp³-hybridized carbons (Fsp3) is 0.250. The van der Waals surface area contributed by atoms with E-state index in [1.807, 2.05) is 17.9 Å². The molecule has 27 heavy (non-hydrogen) atoms. The summed E-state index contributed by atoms with van der Waals surface area (Å²) in [6, 6.07) is 10.2. The van der Waals surface area contributed by atoms with Crippen LogP contribution in [0.2, 0.25) is 0 Å². The van der Waals surface area contributed by atoms with E-state index in [9.17, 15) is 14.0 Å². The molecular weight excluding hydrogens is 347 g/mol. The first-order chi connectivity index (χ1) is 13.0. The molecule has 0 saturated carbocycles. The lowest BCUT2D eigenvalue weighted by atomic mass is 10.2. The normalized spacial score (nSPS) is 14.6. The molecule has 3 heterocycles. The van der Waals surface area contributed by atoms with Crippen LogP contribution in [0, 0.1) is 12.7 Å². The van der Waals surface area contributed by atoms with Crippen molar-refractivity contribution in [2.24, 2.45) is 0 Å². The Bertz CT molecular complexity index is 1070. The fourth-order valence-corrected chi connectivity index (χ4v) is 3.36. The summed E-state index contributed by atoms with van der Waals surface area (Å²) >= 11 is 0. The molecule has 1 aromatic carbocycles. The molecule has 1 fully saturated rings. The summed E-state index contributed by atoms with van der Waals surface area (Å²) in [5, 5.41) is 0. The van der Waals surface area contributed by atoms with Crippen molar-refractivity contribution in [3.8, 4) is 0 Å². The van der Waals surface area contributed by atoms with Gasteiger partial charge in [0.2, 0.25) is 0 Å². The average molecular weight is 366 g/mol. The van der Waals surface area contributed by atoms with Crippen molar-refractivity contribution in [3.05, 3.63) is 76.1 Å². The first kappa shape index (κ1) is 17.2. The van der Waals surface area contributed by atoms with Gasteiger partial charge < -0.3 is 9.80 Å². The molecule has 4 rings (SSSR count). The second kappa shape index (κ2) is 6.83. The number of halogens is 1. The number of rotatable bonds is 2. The van der Waals surface area contributed by atoms with Crippen molar-refractivity contribution < 1.29 is 9.18 Å². The lowest BCUT2D eigenvalue weighted by Crippen LogP contribution is -2.50. The molecule has 0 spiro atoms. The van der Waals surface area contributed by atoms with Gasteiger partial charge >= 0.3 is 0 Å². The average Bonchev–Trinajstić information content (AvgIpc) is 2.69. The summed E-state index contributed by atoms with van der Waals surface area (Å²) in [6.07, 6.45) is 3.02. The number of aromatic nitrogens is 2. The van der Waals surface area contributed by atoms with Gasteiger partial charge in [-0.05, 0) is 30.7 Å². The number of pyridine rings is 1. The Morgan fingerprint density at radius 3 is 2.56 bits per heavy atom. The van der Waals surface area contributed by atoms with Gasteiger partial charge in [0.25, 0.3) is 11.5 Å². The van der Waals surface area contributed by atoms with Crippen LogP contribution < -0.4 is 10.5 Å². The van der Waals surface area contributed by atoms with Crippen LogP contribution in [-0.2, 0) is 0 Å². The predicted octanol–water partition coefficient (Wildman–Crippen LogP) is 2.10. The van der Waals surface area contributed by atoms with Gasteiger partial charge in [0.15, 0.2) is 0 Å². The van der Waals surface area contributed by atoms with Crippen LogP contribution in [0.25, 0.3) is 5.65 Å². The summed E-state index contributed by atoms with van der Waals surface area (Å²) in [7, 11) is 0. The summed E-state index contributed by atoms with van der Waals surface area (Å²) in [5.41, 5.74) is 1.64. The molecular formula is C20H19FN4O2. The third-order valence-corrected chi connectivity index (χ3v) is 4.84. The standard InChI is InChI=1S/C20H19FN4O2/c1-14-6-7-18-22-12-15(20(27)25(18)13-14)19(26)24-10-8-23(9-11-24)17-5-3-2-4-16(17)21/h2-7,12-13H,8-11H2,1H3. The Kier molecular flexibility index (Phi) is 4.35. The largest absolute Gasteiger partial charge is 0.366 e. The van der Waals surface area contributed by atoms with Crippen LogP contribution in [0.1, 0.15) is 15.9 Å². The summed E-state index contributed by atoms with van der Waals surface area (Å²) in [6.45, 7) is 3.73. The van der Waals surface area contributed by atoms with E-state index in [0.717, 1.165) is 5.56 Å². The fourth-order valence-electron chi connectivity index (χ4n) is 3.36. The number of fused-ring (bicyclic) bond motifs is 1. The van der Waals surface area contributed by atoms with Crippen LogP contribution in [0.5, 0.6) is 0 Å². The first-order valence-corrected chi connectivity index (χ1v) is 8.81. The maximum atomic E-state index is 14.0. The molecule has 0 N–H and O–H groups in total. The number of hydrogen-bond acceptors (Lipinski definition) is 4. The lowest BCUT2D eigenvalue weighted by molar-refractivity contribution is 0.0744. The Hall–Kier alpha value is -3.22. The Morgan fingerprint density at radius 1 is 1.07 bits per heavy atom.